The SMILES string of the molecule is CCOc1ccc(-n2c(C)c3c(C)nnc(Nc4ccc(C(C)C)cc4)c3c2C)c(OC)c1. The fourth-order valence-electron chi connectivity index (χ4n) is 4.43. The van der Waals surface area contributed by atoms with Crippen molar-refractivity contribution in [3.8, 4) is 17.2 Å². The van der Waals surface area contributed by atoms with E-state index in [4.69, 9.17) is 9.47 Å². The summed E-state index contributed by atoms with van der Waals surface area (Å²) >= 11 is 0. The van der Waals surface area contributed by atoms with Crippen LogP contribution < -0.4 is 14.8 Å². The Morgan fingerprint density at radius 3 is 2.27 bits per heavy atom. The second-order valence-corrected chi connectivity index (χ2v) is 8.56. The van der Waals surface area contributed by atoms with Gasteiger partial charge in [0.2, 0.25) is 0 Å². The van der Waals surface area contributed by atoms with Gasteiger partial charge in [0.15, 0.2) is 5.82 Å². The summed E-state index contributed by atoms with van der Waals surface area (Å²) in [7, 11) is 1.69. The molecule has 0 radical (unpaired) electrons. The second-order valence-electron chi connectivity index (χ2n) is 8.56. The van der Waals surface area contributed by atoms with E-state index < -0.39 is 0 Å². The molecule has 0 aliphatic heterocycles. The molecule has 2 aromatic carbocycles. The van der Waals surface area contributed by atoms with E-state index >= 15 is 0 Å². The highest BCUT2D eigenvalue weighted by Crippen LogP contribution is 2.38. The summed E-state index contributed by atoms with van der Waals surface area (Å²) in [6.07, 6.45) is 0. The molecular formula is C27H32N4O2. The van der Waals surface area contributed by atoms with Crippen LogP contribution in [0, 0.1) is 20.8 Å². The monoisotopic (exact) mass is 444 g/mol. The summed E-state index contributed by atoms with van der Waals surface area (Å²) in [5.41, 5.74) is 6.32. The number of aromatic nitrogens is 3. The van der Waals surface area contributed by atoms with Gasteiger partial charge in [-0.2, -0.15) is 5.10 Å². The van der Waals surface area contributed by atoms with Gasteiger partial charge in [0, 0.05) is 33.9 Å². The minimum absolute atomic E-state index is 0.493. The fraction of sp³-hybridized carbons (Fsp3) is 0.333. The Kier molecular flexibility index (Phi) is 6.27. The molecule has 0 fully saturated rings. The van der Waals surface area contributed by atoms with Crippen molar-refractivity contribution in [2.24, 2.45) is 0 Å². The standard InChI is InChI=1S/C27H32N4O2/c1-8-33-22-13-14-23(24(15-22)32-7)31-18(5)25-17(4)29-30-27(26(25)19(31)6)28-21-11-9-20(10-12-21)16(2)3/h9-16H,8H2,1-7H3,(H,28,30). The molecule has 2 heterocycles. The van der Waals surface area contributed by atoms with Crippen LogP contribution in [-0.2, 0) is 0 Å². The van der Waals surface area contributed by atoms with Gasteiger partial charge in [0.25, 0.3) is 0 Å². The molecule has 0 spiro atoms. The second kappa shape index (κ2) is 9.14. The van der Waals surface area contributed by atoms with Gasteiger partial charge in [0.05, 0.1) is 25.1 Å². The quantitative estimate of drug-likeness (QED) is 0.347. The minimum atomic E-state index is 0.493. The zero-order valence-corrected chi connectivity index (χ0v) is 20.5. The molecule has 6 nitrogen and oxygen atoms in total. The molecule has 33 heavy (non-hydrogen) atoms. The molecule has 0 aliphatic rings. The first-order valence-electron chi connectivity index (χ1n) is 11.4. The van der Waals surface area contributed by atoms with E-state index in [1.54, 1.807) is 7.11 Å². The van der Waals surface area contributed by atoms with Gasteiger partial charge in [0.1, 0.15) is 11.5 Å². The third-order valence-corrected chi connectivity index (χ3v) is 6.09. The summed E-state index contributed by atoms with van der Waals surface area (Å²) in [5.74, 6) is 2.78. The molecule has 0 atom stereocenters. The molecule has 2 aromatic heterocycles. The number of anilines is 2. The lowest BCUT2D eigenvalue weighted by atomic mass is 10.0. The van der Waals surface area contributed by atoms with E-state index in [1.807, 2.05) is 32.0 Å². The van der Waals surface area contributed by atoms with Crippen LogP contribution in [0.5, 0.6) is 11.5 Å². The predicted molar refractivity (Wildman–Crippen MR) is 135 cm³/mol. The average molecular weight is 445 g/mol. The van der Waals surface area contributed by atoms with Crippen LogP contribution in [0.1, 0.15) is 49.3 Å². The lowest BCUT2D eigenvalue weighted by molar-refractivity contribution is 0.336. The first-order valence-corrected chi connectivity index (χ1v) is 11.4. The van der Waals surface area contributed by atoms with E-state index in [0.717, 1.165) is 56.5 Å². The third kappa shape index (κ3) is 4.13. The number of benzene rings is 2. The fourth-order valence-corrected chi connectivity index (χ4v) is 4.43. The topological polar surface area (TPSA) is 61.2 Å². The van der Waals surface area contributed by atoms with Crippen LogP contribution in [0.25, 0.3) is 16.5 Å². The Hall–Kier alpha value is -3.54. The van der Waals surface area contributed by atoms with Crippen LogP contribution in [0.2, 0.25) is 0 Å². The van der Waals surface area contributed by atoms with Crippen molar-refractivity contribution in [1.82, 2.24) is 14.8 Å². The number of nitrogens with zero attached hydrogens (tertiary/aromatic N) is 3. The van der Waals surface area contributed by atoms with Gasteiger partial charge >= 0.3 is 0 Å². The van der Waals surface area contributed by atoms with Crippen molar-refractivity contribution in [1.29, 1.82) is 0 Å². The minimum Gasteiger partial charge on any atom is -0.494 e. The zero-order valence-electron chi connectivity index (χ0n) is 20.5. The Morgan fingerprint density at radius 1 is 0.939 bits per heavy atom. The van der Waals surface area contributed by atoms with Crippen molar-refractivity contribution in [3.05, 3.63) is 65.1 Å². The lowest BCUT2D eigenvalue weighted by Crippen LogP contribution is -2.03. The van der Waals surface area contributed by atoms with Crippen LogP contribution in [-0.4, -0.2) is 28.5 Å². The molecule has 0 bridgehead atoms. The first kappa shape index (κ1) is 22.6. The van der Waals surface area contributed by atoms with E-state index in [-0.39, 0.29) is 0 Å². The molecule has 6 heteroatoms. The maximum absolute atomic E-state index is 5.73. The predicted octanol–water partition coefficient (Wildman–Crippen LogP) is 6.62. The number of hydrogen-bond donors (Lipinski definition) is 1. The van der Waals surface area contributed by atoms with E-state index in [0.29, 0.717) is 12.5 Å². The highest BCUT2D eigenvalue weighted by molar-refractivity contribution is 5.99. The number of nitrogens with one attached hydrogen (secondary N) is 1. The maximum atomic E-state index is 5.73. The van der Waals surface area contributed by atoms with Gasteiger partial charge in [-0.15, -0.1) is 5.10 Å². The normalized spacial score (nSPS) is 11.3. The van der Waals surface area contributed by atoms with E-state index in [2.05, 4.69) is 72.0 Å². The van der Waals surface area contributed by atoms with Crippen molar-refractivity contribution in [2.45, 2.75) is 47.5 Å². The highest BCUT2D eigenvalue weighted by atomic mass is 16.5. The van der Waals surface area contributed by atoms with Crippen LogP contribution in [0.4, 0.5) is 11.5 Å². The first-order chi connectivity index (χ1) is 15.8. The lowest BCUT2D eigenvalue weighted by Gasteiger charge is -2.15. The summed E-state index contributed by atoms with van der Waals surface area (Å²) in [6.45, 7) is 13.2. The molecule has 0 amide bonds. The number of rotatable bonds is 7. The Bertz CT molecular complexity index is 1290. The number of methoxy groups -OCH3 is 1. The number of aryl methyl sites for hydroxylation is 3. The molecular weight excluding hydrogens is 412 g/mol. The maximum Gasteiger partial charge on any atom is 0.162 e. The van der Waals surface area contributed by atoms with Crippen molar-refractivity contribution in [3.63, 3.8) is 0 Å². The highest BCUT2D eigenvalue weighted by Gasteiger charge is 2.21. The van der Waals surface area contributed by atoms with Crippen LogP contribution in [0.3, 0.4) is 0 Å². The van der Waals surface area contributed by atoms with E-state index in [1.165, 1.54) is 5.56 Å². The molecule has 1 N–H and O–H groups in total. The van der Waals surface area contributed by atoms with Crippen molar-refractivity contribution < 1.29 is 9.47 Å². The molecule has 0 aliphatic carbocycles. The smallest absolute Gasteiger partial charge is 0.162 e. The molecule has 4 aromatic rings. The third-order valence-electron chi connectivity index (χ3n) is 6.09. The van der Waals surface area contributed by atoms with Gasteiger partial charge in [-0.05, 0) is 63.4 Å². The Morgan fingerprint density at radius 2 is 1.64 bits per heavy atom. The van der Waals surface area contributed by atoms with Crippen molar-refractivity contribution in [2.75, 3.05) is 19.0 Å². The number of ether oxygens (including phenoxy) is 2. The summed E-state index contributed by atoms with van der Waals surface area (Å²) in [5, 5.41) is 14.6. The summed E-state index contributed by atoms with van der Waals surface area (Å²) < 4.78 is 13.6. The van der Waals surface area contributed by atoms with Gasteiger partial charge in [-0.25, -0.2) is 0 Å². The van der Waals surface area contributed by atoms with Gasteiger partial charge in [-0.3, -0.25) is 0 Å². The average Bonchev–Trinajstić information content (AvgIpc) is 3.07. The number of hydrogen-bond acceptors (Lipinski definition) is 5. The zero-order chi connectivity index (χ0) is 23.7. The molecule has 0 saturated carbocycles. The summed E-state index contributed by atoms with van der Waals surface area (Å²) in [4.78, 5) is 0. The Balaban J connectivity index is 1.85. The molecule has 172 valence electrons. The number of fused-ring (bicyclic) bond motifs is 1. The molecule has 0 saturated heterocycles. The van der Waals surface area contributed by atoms with Gasteiger partial charge < -0.3 is 19.4 Å². The van der Waals surface area contributed by atoms with Crippen molar-refractivity contribution >= 4 is 22.3 Å². The molecule has 0 unspecified atom stereocenters. The van der Waals surface area contributed by atoms with E-state index in [9.17, 15) is 0 Å². The molecule has 4 rings (SSSR count). The van der Waals surface area contributed by atoms with Crippen LogP contribution >= 0.6 is 0 Å². The largest absolute Gasteiger partial charge is 0.494 e. The summed E-state index contributed by atoms with van der Waals surface area (Å²) in [6, 6.07) is 14.4. The Labute approximate surface area is 195 Å². The van der Waals surface area contributed by atoms with Gasteiger partial charge in [-0.1, -0.05) is 26.0 Å². The van der Waals surface area contributed by atoms with Crippen LogP contribution in [0.15, 0.2) is 42.5 Å².